The largest absolute Gasteiger partial charge is 0.309 e. The summed E-state index contributed by atoms with van der Waals surface area (Å²) >= 11 is 0. The molecule has 0 radical (unpaired) electrons. The second-order valence-electron chi connectivity index (χ2n) is 12.4. The van der Waals surface area contributed by atoms with Gasteiger partial charge in [-0.15, -0.1) is 0 Å². The van der Waals surface area contributed by atoms with Crippen LogP contribution in [-0.4, -0.2) is 4.57 Å². The van der Waals surface area contributed by atoms with Crippen LogP contribution < -0.4 is 10.6 Å². The maximum atomic E-state index is 2.57. The van der Waals surface area contributed by atoms with E-state index in [1.807, 2.05) is 0 Å². The molecule has 1 aromatic heterocycles. The molecule has 9 rings (SSSR count). The molecule has 0 N–H and O–H groups in total. The lowest BCUT2D eigenvalue weighted by Crippen LogP contribution is -2.40. The number of rotatable bonds is 4. The van der Waals surface area contributed by atoms with Crippen LogP contribution in [0.4, 0.5) is 0 Å². The number of aromatic nitrogens is 1. The fraction of sp³-hybridized carbons (Fsp3) is 0.0909. The predicted molar refractivity (Wildman–Crippen MR) is 190 cm³/mol. The molecule has 1 unspecified atom stereocenters. The van der Waals surface area contributed by atoms with Crippen LogP contribution in [-0.2, 0) is 0 Å². The molecule has 3 aliphatic carbocycles. The van der Waals surface area contributed by atoms with E-state index < -0.39 is 0 Å². The minimum absolute atomic E-state index is 0.246. The highest BCUT2D eigenvalue weighted by atomic mass is 15.0. The quantitative estimate of drug-likeness (QED) is 0.197. The van der Waals surface area contributed by atoms with Gasteiger partial charge >= 0.3 is 0 Å². The topological polar surface area (TPSA) is 4.93 Å². The average molecular weight is 576 g/mol. The highest BCUT2D eigenvalue weighted by Crippen LogP contribution is 2.42. The van der Waals surface area contributed by atoms with Crippen LogP contribution in [0.3, 0.4) is 0 Å². The Hall–Kier alpha value is -5.40. The normalized spacial score (nSPS) is 17.3. The Balaban J connectivity index is 1.49. The van der Waals surface area contributed by atoms with Gasteiger partial charge in [-0.1, -0.05) is 127 Å². The lowest BCUT2D eigenvalue weighted by atomic mass is 9.73. The molecule has 1 heterocycles. The van der Waals surface area contributed by atoms with E-state index in [0.29, 0.717) is 0 Å². The molecule has 0 spiro atoms. The first kappa shape index (κ1) is 26.0. The number of para-hydroxylation sites is 1. The van der Waals surface area contributed by atoms with Crippen LogP contribution in [0.1, 0.15) is 36.1 Å². The lowest BCUT2D eigenvalue weighted by Gasteiger charge is -2.31. The first-order chi connectivity index (χ1) is 22.3. The molecule has 0 aliphatic heterocycles. The van der Waals surface area contributed by atoms with Crippen molar-refractivity contribution in [3.63, 3.8) is 0 Å². The Morgan fingerprint density at radius 3 is 1.98 bits per heavy atom. The maximum absolute atomic E-state index is 2.57. The van der Waals surface area contributed by atoms with E-state index in [4.69, 9.17) is 0 Å². The monoisotopic (exact) mass is 575 g/mol. The van der Waals surface area contributed by atoms with Crippen molar-refractivity contribution in [2.24, 2.45) is 5.92 Å². The highest BCUT2D eigenvalue weighted by molar-refractivity contribution is 5.95. The molecule has 0 saturated heterocycles. The summed E-state index contributed by atoms with van der Waals surface area (Å²) in [5, 5.41) is 7.75. The predicted octanol–water partition coefficient (Wildman–Crippen LogP) is 9.43. The van der Waals surface area contributed by atoms with Crippen molar-refractivity contribution in [2.75, 3.05) is 0 Å². The van der Waals surface area contributed by atoms with Gasteiger partial charge in [0.15, 0.2) is 0 Å². The van der Waals surface area contributed by atoms with Crippen LogP contribution in [0.2, 0.25) is 0 Å². The zero-order valence-electron chi connectivity index (χ0n) is 25.2. The number of hydrogen-bond acceptors (Lipinski definition) is 0. The van der Waals surface area contributed by atoms with Crippen molar-refractivity contribution in [1.82, 2.24) is 4.57 Å². The Labute approximate surface area is 263 Å². The number of allylic oxidation sites excluding steroid dienone is 8. The van der Waals surface area contributed by atoms with Crippen molar-refractivity contribution in [3.05, 3.63) is 191 Å². The van der Waals surface area contributed by atoms with Crippen LogP contribution in [0.15, 0.2) is 163 Å². The van der Waals surface area contributed by atoms with Crippen LogP contribution in [0, 0.1) is 5.92 Å². The van der Waals surface area contributed by atoms with Gasteiger partial charge in [-0.3, -0.25) is 0 Å². The van der Waals surface area contributed by atoms with E-state index in [2.05, 4.69) is 162 Å². The van der Waals surface area contributed by atoms with E-state index in [1.165, 1.54) is 76.9 Å². The fourth-order valence-corrected chi connectivity index (χ4v) is 7.71. The molecular formula is C44H33N. The van der Waals surface area contributed by atoms with Crippen molar-refractivity contribution in [2.45, 2.75) is 19.3 Å². The van der Waals surface area contributed by atoms with Crippen LogP contribution >= 0.6 is 0 Å². The second kappa shape index (κ2) is 10.6. The summed E-state index contributed by atoms with van der Waals surface area (Å²) in [5.74, 6) is 0.246. The number of benzene rings is 5. The molecule has 1 heteroatoms. The van der Waals surface area contributed by atoms with Crippen molar-refractivity contribution >= 4 is 38.3 Å². The summed E-state index contributed by atoms with van der Waals surface area (Å²) in [4.78, 5) is 0. The van der Waals surface area contributed by atoms with Gasteiger partial charge < -0.3 is 4.57 Å². The molecule has 1 nitrogen and oxygen atoms in total. The summed E-state index contributed by atoms with van der Waals surface area (Å²) in [6.45, 7) is 0. The summed E-state index contributed by atoms with van der Waals surface area (Å²) in [6, 6.07) is 45.0. The number of hydrogen-bond donors (Lipinski definition) is 0. The van der Waals surface area contributed by atoms with Crippen molar-refractivity contribution < 1.29 is 0 Å². The first-order valence-electron chi connectivity index (χ1n) is 16.1. The molecule has 45 heavy (non-hydrogen) atoms. The molecule has 6 aromatic rings. The van der Waals surface area contributed by atoms with Crippen LogP contribution in [0.5, 0.6) is 0 Å². The SMILES string of the molecule is C1=CCCC(c2cc3c(n2-c2ccccc2)=C(c2ccc4ccccc4c2)C2CC=CC=C2C=3c2ccc3ccccc3c2)=C1. The van der Waals surface area contributed by atoms with Gasteiger partial charge in [0.05, 0.1) is 11.0 Å². The fourth-order valence-electron chi connectivity index (χ4n) is 7.71. The summed E-state index contributed by atoms with van der Waals surface area (Å²) in [7, 11) is 0. The molecular weight excluding hydrogens is 542 g/mol. The second-order valence-corrected chi connectivity index (χ2v) is 12.4. The zero-order chi connectivity index (χ0) is 29.7. The molecule has 0 saturated carbocycles. The summed E-state index contributed by atoms with van der Waals surface area (Å²) in [5.41, 5.74) is 10.7. The third kappa shape index (κ3) is 4.30. The Kier molecular flexibility index (Phi) is 6.16. The third-order valence-electron chi connectivity index (χ3n) is 9.78. The molecule has 3 aliphatic rings. The minimum atomic E-state index is 0.246. The highest BCUT2D eigenvalue weighted by Gasteiger charge is 2.32. The average Bonchev–Trinajstić information content (AvgIpc) is 3.51. The standard InChI is InChI=1S/C44H33N/c1-3-15-32(16-4-1)41-29-40-42(35-25-23-30-13-7-9-17-33(30)27-35)38-21-11-12-22-39(38)43(44(40)45(41)37-19-5-2-6-20-37)36-26-24-31-14-8-10-18-34(31)28-36/h1-3,5-15,17-21,23-29,39H,4,16,22H2. The Bertz CT molecular complexity index is 2390. The maximum Gasteiger partial charge on any atom is 0.0585 e. The third-order valence-corrected chi connectivity index (χ3v) is 9.78. The molecule has 5 aromatic carbocycles. The van der Waals surface area contributed by atoms with Crippen molar-refractivity contribution in [3.8, 4) is 5.69 Å². The summed E-state index contributed by atoms with van der Waals surface area (Å²) < 4.78 is 2.57. The smallest absolute Gasteiger partial charge is 0.0585 e. The minimum Gasteiger partial charge on any atom is -0.309 e. The molecule has 214 valence electrons. The van der Waals surface area contributed by atoms with E-state index in [-0.39, 0.29) is 5.92 Å². The molecule has 0 bridgehead atoms. The van der Waals surface area contributed by atoms with E-state index in [1.54, 1.807) is 0 Å². The number of nitrogens with zero attached hydrogens (tertiary/aromatic N) is 1. The number of fused-ring (bicyclic) bond motifs is 4. The van der Waals surface area contributed by atoms with Crippen LogP contribution in [0.25, 0.3) is 44.0 Å². The van der Waals surface area contributed by atoms with Gasteiger partial charge in [-0.25, -0.2) is 0 Å². The molecule has 0 amide bonds. The van der Waals surface area contributed by atoms with Crippen molar-refractivity contribution in [1.29, 1.82) is 0 Å². The molecule has 0 fully saturated rings. The van der Waals surface area contributed by atoms with E-state index in [0.717, 1.165) is 19.3 Å². The van der Waals surface area contributed by atoms with Gasteiger partial charge in [0.2, 0.25) is 0 Å². The van der Waals surface area contributed by atoms with Gasteiger partial charge in [-0.2, -0.15) is 0 Å². The van der Waals surface area contributed by atoms with Gasteiger partial charge in [0.1, 0.15) is 0 Å². The van der Waals surface area contributed by atoms with E-state index in [9.17, 15) is 0 Å². The lowest BCUT2D eigenvalue weighted by molar-refractivity contribution is 0.786. The Morgan fingerprint density at radius 1 is 0.578 bits per heavy atom. The zero-order valence-corrected chi connectivity index (χ0v) is 25.2. The summed E-state index contributed by atoms with van der Waals surface area (Å²) in [6.07, 6.45) is 16.9. The van der Waals surface area contributed by atoms with E-state index >= 15 is 0 Å². The van der Waals surface area contributed by atoms with Gasteiger partial charge in [0, 0.05) is 16.8 Å². The van der Waals surface area contributed by atoms with Gasteiger partial charge in [0.25, 0.3) is 0 Å². The first-order valence-corrected chi connectivity index (χ1v) is 16.1. The Morgan fingerprint density at radius 2 is 1.24 bits per heavy atom. The molecule has 1 atom stereocenters. The van der Waals surface area contributed by atoms with Gasteiger partial charge in [-0.05, 0) is 105 Å².